The largest absolute Gasteiger partial charge is 0.305 e. The maximum absolute atomic E-state index is 7.87. The Morgan fingerprint density at radius 3 is 2.09 bits per heavy atom. The molecule has 1 heteroatoms. The Bertz CT molecular complexity index is 985. The van der Waals surface area contributed by atoms with E-state index in [2.05, 4.69) is 100 Å². The average molecular weight is 426 g/mol. The van der Waals surface area contributed by atoms with E-state index in [-0.39, 0.29) is 5.92 Å². The Balaban J connectivity index is 2.28. The maximum Gasteiger partial charge on any atom is 0.0311 e. The first-order chi connectivity index (χ1) is 15.3. The van der Waals surface area contributed by atoms with E-state index in [0.717, 1.165) is 36.8 Å². The van der Waals surface area contributed by atoms with Gasteiger partial charge in [0.2, 0.25) is 0 Å². The van der Waals surface area contributed by atoms with Crippen molar-refractivity contribution in [2.24, 2.45) is 0 Å². The van der Waals surface area contributed by atoms with E-state index in [4.69, 9.17) is 5.41 Å². The third-order valence-corrected chi connectivity index (χ3v) is 6.15. The van der Waals surface area contributed by atoms with Crippen molar-refractivity contribution < 1.29 is 0 Å². The topological polar surface area (TPSA) is 23.9 Å². The minimum absolute atomic E-state index is 0.274. The van der Waals surface area contributed by atoms with Crippen LogP contribution in [0.15, 0.2) is 102 Å². The number of nitrogens with one attached hydrogen (secondary N) is 1. The van der Waals surface area contributed by atoms with Crippen LogP contribution < -0.4 is 0 Å². The van der Waals surface area contributed by atoms with Gasteiger partial charge in [-0.05, 0) is 81.2 Å². The van der Waals surface area contributed by atoms with Crippen molar-refractivity contribution in [2.45, 2.75) is 66.2 Å². The molecule has 2 aromatic carbocycles. The summed E-state index contributed by atoms with van der Waals surface area (Å²) in [7, 11) is 0. The molecule has 0 radical (unpaired) electrons. The number of hydrogen-bond donors (Lipinski definition) is 1. The first-order valence-corrected chi connectivity index (χ1v) is 11.7. The molecule has 0 spiro atoms. The van der Waals surface area contributed by atoms with Crippen molar-refractivity contribution >= 4 is 5.71 Å². The van der Waals surface area contributed by atoms with Gasteiger partial charge in [-0.15, -0.1) is 0 Å². The van der Waals surface area contributed by atoms with Crippen LogP contribution in [0, 0.1) is 5.41 Å². The zero-order valence-corrected chi connectivity index (χ0v) is 20.5. The summed E-state index contributed by atoms with van der Waals surface area (Å²) in [5, 5.41) is 7.87. The molecular formula is C31H39N. The highest BCUT2D eigenvalue weighted by Crippen LogP contribution is 2.33. The third-order valence-electron chi connectivity index (χ3n) is 6.15. The van der Waals surface area contributed by atoms with Crippen LogP contribution in [0.4, 0.5) is 0 Å². The molecule has 0 bridgehead atoms. The maximum atomic E-state index is 7.87. The van der Waals surface area contributed by atoms with E-state index >= 15 is 0 Å². The lowest BCUT2D eigenvalue weighted by Crippen LogP contribution is -2.08. The number of hydrogen-bond acceptors (Lipinski definition) is 1. The fourth-order valence-electron chi connectivity index (χ4n) is 3.90. The Morgan fingerprint density at radius 1 is 0.938 bits per heavy atom. The summed E-state index contributed by atoms with van der Waals surface area (Å²) in [6.45, 7) is 14.7. The van der Waals surface area contributed by atoms with Gasteiger partial charge in [0.05, 0.1) is 0 Å². The molecule has 2 rings (SSSR count). The second-order valence-corrected chi connectivity index (χ2v) is 8.69. The van der Waals surface area contributed by atoms with E-state index in [1.165, 1.54) is 27.8 Å². The van der Waals surface area contributed by atoms with Crippen LogP contribution in [0.1, 0.15) is 70.1 Å². The minimum Gasteiger partial charge on any atom is -0.305 e. The van der Waals surface area contributed by atoms with Crippen molar-refractivity contribution in [1.82, 2.24) is 0 Å². The predicted molar refractivity (Wildman–Crippen MR) is 142 cm³/mol. The van der Waals surface area contributed by atoms with Crippen molar-refractivity contribution in [1.29, 1.82) is 5.41 Å². The van der Waals surface area contributed by atoms with E-state index in [1.54, 1.807) is 0 Å². The summed E-state index contributed by atoms with van der Waals surface area (Å²) in [6, 6.07) is 19.8. The monoisotopic (exact) mass is 425 g/mol. The van der Waals surface area contributed by atoms with Gasteiger partial charge >= 0.3 is 0 Å². The van der Waals surface area contributed by atoms with Gasteiger partial charge in [0.25, 0.3) is 0 Å². The van der Waals surface area contributed by atoms with Crippen molar-refractivity contribution in [3.63, 3.8) is 0 Å². The lowest BCUT2D eigenvalue weighted by molar-refractivity contribution is 0.792. The lowest BCUT2D eigenvalue weighted by atomic mass is 9.82. The number of allylic oxidation sites excluding steroid dienone is 7. The van der Waals surface area contributed by atoms with Gasteiger partial charge < -0.3 is 5.41 Å². The summed E-state index contributed by atoms with van der Waals surface area (Å²) >= 11 is 0. The van der Waals surface area contributed by atoms with Gasteiger partial charge in [-0.2, -0.15) is 0 Å². The molecule has 1 unspecified atom stereocenters. The minimum atomic E-state index is 0.274. The smallest absolute Gasteiger partial charge is 0.0311 e. The van der Waals surface area contributed by atoms with Gasteiger partial charge in [-0.25, -0.2) is 0 Å². The molecule has 0 aliphatic rings. The molecule has 0 aliphatic heterocycles. The molecule has 168 valence electrons. The molecule has 0 saturated carbocycles. The van der Waals surface area contributed by atoms with Gasteiger partial charge in [-0.3, -0.25) is 0 Å². The molecule has 1 atom stereocenters. The summed E-state index contributed by atoms with van der Waals surface area (Å²) in [5.41, 5.74) is 9.58. The molecule has 0 amide bonds. The second-order valence-electron chi connectivity index (χ2n) is 8.69. The molecule has 0 aliphatic carbocycles. The normalized spacial score (nSPS) is 13.7. The van der Waals surface area contributed by atoms with Crippen LogP contribution in [-0.2, 0) is 12.8 Å². The summed E-state index contributed by atoms with van der Waals surface area (Å²) in [5.74, 6) is 0.274. The number of aryl methyl sites for hydroxylation is 1. The van der Waals surface area contributed by atoms with Crippen LogP contribution in [0.3, 0.4) is 0 Å². The molecule has 1 nitrogen and oxygen atoms in total. The van der Waals surface area contributed by atoms with Crippen LogP contribution in [0.25, 0.3) is 0 Å². The first-order valence-electron chi connectivity index (χ1n) is 11.7. The highest BCUT2D eigenvalue weighted by atomic mass is 14.4. The highest BCUT2D eigenvalue weighted by molar-refractivity contribution is 5.95. The number of rotatable bonds is 11. The average Bonchev–Trinajstić information content (AvgIpc) is 2.79. The molecule has 0 heterocycles. The van der Waals surface area contributed by atoms with Crippen molar-refractivity contribution in [3.05, 3.63) is 118 Å². The van der Waals surface area contributed by atoms with Crippen LogP contribution >= 0.6 is 0 Å². The quantitative estimate of drug-likeness (QED) is 0.275. The summed E-state index contributed by atoms with van der Waals surface area (Å²) in [6.07, 6.45) is 10.5. The fourth-order valence-corrected chi connectivity index (χ4v) is 3.90. The number of benzene rings is 2. The Morgan fingerprint density at radius 2 is 1.56 bits per heavy atom. The van der Waals surface area contributed by atoms with Crippen LogP contribution in [-0.4, -0.2) is 5.71 Å². The summed E-state index contributed by atoms with van der Waals surface area (Å²) < 4.78 is 0. The molecule has 0 aromatic heterocycles. The van der Waals surface area contributed by atoms with E-state index in [1.807, 2.05) is 13.8 Å². The molecule has 0 fully saturated rings. The lowest BCUT2D eigenvalue weighted by Gasteiger charge is -2.22. The zero-order valence-electron chi connectivity index (χ0n) is 20.5. The van der Waals surface area contributed by atoms with Crippen LogP contribution in [0.2, 0.25) is 0 Å². The van der Waals surface area contributed by atoms with Crippen LogP contribution in [0.5, 0.6) is 0 Å². The molecule has 0 saturated heterocycles. The van der Waals surface area contributed by atoms with E-state index in [0.29, 0.717) is 5.71 Å². The van der Waals surface area contributed by atoms with Gasteiger partial charge in [0, 0.05) is 11.6 Å². The van der Waals surface area contributed by atoms with Crippen molar-refractivity contribution in [3.8, 4) is 0 Å². The highest BCUT2D eigenvalue weighted by Gasteiger charge is 2.18. The first kappa shape index (κ1) is 25.3. The molecular weight excluding hydrogens is 386 g/mol. The summed E-state index contributed by atoms with van der Waals surface area (Å²) in [4.78, 5) is 0. The molecule has 32 heavy (non-hydrogen) atoms. The Hall–Kier alpha value is -2.93. The zero-order chi connectivity index (χ0) is 23.5. The second kappa shape index (κ2) is 12.8. The van der Waals surface area contributed by atoms with Crippen molar-refractivity contribution in [2.75, 3.05) is 0 Å². The standard InChI is InChI=1S/C31H39N/c1-7-24(5)14-21-30(23(3)4)31(29-12-10-9-11-13-29)22-27-17-15-26(16-18-27)19-20-28(8-2)25(6)32/h8-18,21,31-32H,3,7,19-20,22H2,1-2,4-6H3/b24-14-,28-8+,30-21+,32-25?. The van der Waals surface area contributed by atoms with E-state index in [9.17, 15) is 0 Å². The predicted octanol–water partition coefficient (Wildman–Crippen LogP) is 8.79. The Kier molecular flexibility index (Phi) is 10.1. The molecule has 2 aromatic rings. The van der Waals surface area contributed by atoms with Gasteiger partial charge in [0.1, 0.15) is 0 Å². The third kappa shape index (κ3) is 7.64. The SMILES string of the molecule is C=C(C)/C(=C\C=C(\C)CC)C(Cc1ccc(CC/C(=C\C)C(C)=N)cc1)c1ccccc1. The Labute approximate surface area is 195 Å². The fraction of sp³-hybridized carbons (Fsp3) is 0.323. The van der Waals surface area contributed by atoms with E-state index < -0.39 is 0 Å². The van der Waals surface area contributed by atoms with Gasteiger partial charge in [0.15, 0.2) is 0 Å². The van der Waals surface area contributed by atoms with Gasteiger partial charge in [-0.1, -0.05) is 97.5 Å². The molecule has 1 N–H and O–H groups in total.